The minimum atomic E-state index is -0.468. The molecule has 3 N–H and O–H groups in total. The fourth-order valence-electron chi connectivity index (χ4n) is 4.00. The zero-order chi connectivity index (χ0) is 19.5. The zero-order valence-corrected chi connectivity index (χ0v) is 16.4. The number of thiophene rings is 1. The monoisotopic (exact) mass is 393 g/mol. The molecule has 2 amide bonds. The number of amides is 2. The number of pyridine rings is 1. The molecule has 0 bridgehead atoms. The van der Waals surface area contributed by atoms with Crippen molar-refractivity contribution in [3.05, 3.63) is 58.6 Å². The van der Waals surface area contributed by atoms with Crippen LogP contribution in [0, 0.1) is 0 Å². The Hall–Kier alpha value is -2.73. The second-order valence-corrected chi connectivity index (χ2v) is 8.24. The molecule has 0 unspecified atom stereocenters. The first kappa shape index (κ1) is 18.6. The van der Waals surface area contributed by atoms with Gasteiger partial charge in [0.15, 0.2) is 0 Å². The molecule has 0 atom stereocenters. The molecule has 144 valence electrons. The highest BCUT2D eigenvalue weighted by Gasteiger charge is 2.25. The Balaban J connectivity index is 1.52. The Kier molecular flexibility index (Phi) is 5.39. The highest BCUT2D eigenvalue weighted by atomic mass is 32.1. The summed E-state index contributed by atoms with van der Waals surface area (Å²) in [5, 5.41) is 6.45. The molecule has 1 aromatic carbocycles. The van der Waals surface area contributed by atoms with E-state index in [-0.39, 0.29) is 12.3 Å². The van der Waals surface area contributed by atoms with Crippen molar-refractivity contribution in [3.63, 3.8) is 0 Å². The van der Waals surface area contributed by atoms with E-state index in [1.54, 1.807) is 6.20 Å². The van der Waals surface area contributed by atoms with Crippen molar-refractivity contribution in [2.75, 3.05) is 5.32 Å². The van der Waals surface area contributed by atoms with Crippen molar-refractivity contribution in [1.29, 1.82) is 0 Å². The summed E-state index contributed by atoms with van der Waals surface area (Å²) < 4.78 is 0. The van der Waals surface area contributed by atoms with Gasteiger partial charge in [-0.15, -0.1) is 11.3 Å². The molecule has 4 rings (SSSR count). The second-order valence-electron chi connectivity index (χ2n) is 7.36. The van der Waals surface area contributed by atoms with Crippen molar-refractivity contribution in [2.24, 2.45) is 5.73 Å². The van der Waals surface area contributed by atoms with Gasteiger partial charge in [0.05, 0.1) is 17.5 Å². The SMILES string of the molecule is NC(=O)c1c(C2CCCCC2)csc1NC(=O)Cc1cnc2ccccc2c1. The van der Waals surface area contributed by atoms with Gasteiger partial charge < -0.3 is 11.1 Å². The van der Waals surface area contributed by atoms with Gasteiger partial charge in [-0.05, 0) is 47.4 Å². The summed E-state index contributed by atoms with van der Waals surface area (Å²) in [6.07, 6.45) is 7.67. The molecule has 2 aromatic heterocycles. The first-order chi connectivity index (χ1) is 13.6. The Morgan fingerprint density at radius 3 is 2.75 bits per heavy atom. The Labute approximate surface area is 168 Å². The number of aromatic nitrogens is 1. The molecule has 2 heterocycles. The molecule has 0 aliphatic heterocycles. The van der Waals surface area contributed by atoms with Crippen LogP contribution in [0.5, 0.6) is 0 Å². The molecule has 0 saturated heterocycles. The maximum absolute atomic E-state index is 12.6. The van der Waals surface area contributed by atoms with Crippen molar-refractivity contribution in [2.45, 2.75) is 44.4 Å². The standard InChI is InChI=1S/C22H23N3O2S/c23-21(27)20-17(15-6-2-1-3-7-15)13-28-22(20)25-19(26)11-14-10-16-8-4-5-9-18(16)24-12-14/h4-5,8-10,12-13,15H,1-3,6-7,11H2,(H2,23,27)(H,25,26). The van der Waals surface area contributed by atoms with E-state index >= 15 is 0 Å². The van der Waals surface area contributed by atoms with Crippen LogP contribution < -0.4 is 11.1 Å². The number of hydrogen-bond acceptors (Lipinski definition) is 4. The normalized spacial score (nSPS) is 14.9. The first-order valence-corrected chi connectivity index (χ1v) is 10.5. The maximum atomic E-state index is 12.6. The van der Waals surface area contributed by atoms with Gasteiger partial charge >= 0.3 is 0 Å². The molecule has 1 aliphatic rings. The van der Waals surface area contributed by atoms with Crippen molar-refractivity contribution < 1.29 is 9.59 Å². The fourth-order valence-corrected chi connectivity index (χ4v) is 5.07. The predicted molar refractivity (Wildman–Crippen MR) is 113 cm³/mol. The highest BCUT2D eigenvalue weighted by molar-refractivity contribution is 7.15. The molecule has 5 nitrogen and oxygen atoms in total. The van der Waals surface area contributed by atoms with E-state index in [2.05, 4.69) is 10.3 Å². The van der Waals surface area contributed by atoms with Crippen LogP contribution in [0.1, 0.15) is 59.5 Å². The molecule has 6 heteroatoms. The van der Waals surface area contributed by atoms with Crippen molar-refractivity contribution in [3.8, 4) is 0 Å². The lowest BCUT2D eigenvalue weighted by atomic mass is 9.83. The fraction of sp³-hybridized carbons (Fsp3) is 0.318. The minimum absolute atomic E-state index is 0.170. The van der Waals surface area contributed by atoms with Crippen LogP contribution in [0.25, 0.3) is 10.9 Å². The summed E-state index contributed by atoms with van der Waals surface area (Å²) in [5.41, 5.74) is 8.89. The third-order valence-corrected chi connectivity index (χ3v) is 6.29. The number of nitrogens with one attached hydrogen (secondary N) is 1. The molecule has 1 aliphatic carbocycles. The molecule has 28 heavy (non-hydrogen) atoms. The summed E-state index contributed by atoms with van der Waals surface area (Å²) in [6, 6.07) is 9.78. The average molecular weight is 394 g/mol. The van der Waals surface area contributed by atoms with Gasteiger partial charge in [-0.25, -0.2) is 0 Å². The third kappa shape index (κ3) is 3.92. The van der Waals surface area contributed by atoms with Crippen molar-refractivity contribution >= 4 is 39.1 Å². The van der Waals surface area contributed by atoms with Crippen LogP contribution in [0.4, 0.5) is 5.00 Å². The van der Waals surface area contributed by atoms with Gasteiger partial charge in [0.2, 0.25) is 5.91 Å². The number of carbonyl (C=O) groups excluding carboxylic acids is 2. The topological polar surface area (TPSA) is 85.1 Å². The molecular formula is C22H23N3O2S. The lowest BCUT2D eigenvalue weighted by molar-refractivity contribution is -0.115. The van der Waals surface area contributed by atoms with Gasteiger partial charge in [-0.2, -0.15) is 0 Å². The first-order valence-electron chi connectivity index (χ1n) is 9.66. The van der Waals surface area contributed by atoms with Crippen molar-refractivity contribution in [1.82, 2.24) is 4.98 Å². The summed E-state index contributed by atoms with van der Waals surface area (Å²) in [6.45, 7) is 0. The minimum Gasteiger partial charge on any atom is -0.365 e. The van der Waals surface area contributed by atoms with Crippen LogP contribution in [0.3, 0.4) is 0 Å². The smallest absolute Gasteiger partial charge is 0.251 e. The highest BCUT2D eigenvalue weighted by Crippen LogP contribution is 2.40. The largest absolute Gasteiger partial charge is 0.365 e. The van der Waals surface area contributed by atoms with E-state index in [1.807, 2.05) is 35.7 Å². The number of anilines is 1. The van der Waals surface area contributed by atoms with Crippen LogP contribution in [-0.4, -0.2) is 16.8 Å². The summed E-state index contributed by atoms with van der Waals surface area (Å²) in [7, 11) is 0. The van der Waals surface area contributed by atoms with E-state index in [1.165, 1.54) is 30.6 Å². The molecule has 1 fully saturated rings. The summed E-state index contributed by atoms with van der Waals surface area (Å²) >= 11 is 1.39. The van der Waals surface area contributed by atoms with Gasteiger partial charge in [0.1, 0.15) is 5.00 Å². The van der Waals surface area contributed by atoms with Gasteiger partial charge in [0.25, 0.3) is 5.91 Å². The number of fused-ring (bicyclic) bond motifs is 1. The van der Waals surface area contributed by atoms with Crippen LogP contribution in [0.2, 0.25) is 0 Å². The van der Waals surface area contributed by atoms with Gasteiger partial charge in [0, 0.05) is 11.6 Å². The van der Waals surface area contributed by atoms with Crippen LogP contribution in [-0.2, 0) is 11.2 Å². The number of benzene rings is 1. The Morgan fingerprint density at radius 2 is 1.96 bits per heavy atom. The number of nitrogens with zero attached hydrogens (tertiary/aromatic N) is 1. The number of primary amides is 1. The quantitative estimate of drug-likeness (QED) is 0.663. The van der Waals surface area contributed by atoms with Crippen LogP contribution >= 0.6 is 11.3 Å². The number of para-hydroxylation sites is 1. The summed E-state index contributed by atoms with van der Waals surface area (Å²) in [5.74, 6) is -0.274. The molecular weight excluding hydrogens is 370 g/mol. The number of carbonyl (C=O) groups is 2. The van der Waals surface area contributed by atoms with Crippen LogP contribution in [0.15, 0.2) is 41.9 Å². The zero-order valence-electron chi connectivity index (χ0n) is 15.6. The van der Waals surface area contributed by atoms with E-state index in [9.17, 15) is 9.59 Å². The van der Waals surface area contributed by atoms with E-state index < -0.39 is 5.91 Å². The number of hydrogen-bond donors (Lipinski definition) is 2. The van der Waals surface area contributed by atoms with E-state index in [0.717, 1.165) is 34.9 Å². The molecule has 0 radical (unpaired) electrons. The van der Waals surface area contributed by atoms with Gasteiger partial charge in [-0.3, -0.25) is 14.6 Å². The third-order valence-electron chi connectivity index (χ3n) is 5.38. The second kappa shape index (κ2) is 8.10. The lowest BCUT2D eigenvalue weighted by Crippen LogP contribution is -2.20. The summed E-state index contributed by atoms with van der Waals surface area (Å²) in [4.78, 5) is 29.1. The maximum Gasteiger partial charge on any atom is 0.251 e. The molecule has 0 spiro atoms. The van der Waals surface area contributed by atoms with E-state index in [0.29, 0.717) is 16.5 Å². The van der Waals surface area contributed by atoms with E-state index in [4.69, 9.17) is 5.73 Å². The number of nitrogens with two attached hydrogens (primary N) is 1. The van der Waals surface area contributed by atoms with Gasteiger partial charge in [-0.1, -0.05) is 37.5 Å². The predicted octanol–water partition coefficient (Wildman–Crippen LogP) is 4.62. The molecule has 1 saturated carbocycles. The number of rotatable bonds is 5. The average Bonchev–Trinajstić information content (AvgIpc) is 3.12. The Morgan fingerprint density at radius 1 is 1.18 bits per heavy atom. The lowest BCUT2D eigenvalue weighted by Gasteiger charge is -2.21. The molecule has 3 aromatic rings. The Bertz CT molecular complexity index is 1020.